The Morgan fingerprint density at radius 3 is 1.81 bits per heavy atom. The Labute approximate surface area is 163 Å². The molecule has 1 aliphatic rings. The molecule has 0 spiro atoms. The summed E-state index contributed by atoms with van der Waals surface area (Å²) in [7, 11) is 2.48. The molecule has 1 aliphatic carbocycles. The van der Waals surface area contributed by atoms with Crippen molar-refractivity contribution in [2.45, 2.75) is 41.5 Å². The van der Waals surface area contributed by atoms with Crippen LogP contribution in [0.3, 0.4) is 0 Å². The maximum absolute atomic E-state index is 12.8. The first-order chi connectivity index (χ1) is 12.1. The lowest BCUT2D eigenvalue weighted by Crippen LogP contribution is -2.30. The smallest absolute Gasteiger partial charge is 0.297 e. The van der Waals surface area contributed by atoms with Crippen molar-refractivity contribution in [3.05, 3.63) is 23.3 Å². The summed E-state index contributed by atoms with van der Waals surface area (Å²) < 4.78 is 14.1. The fourth-order valence-electron chi connectivity index (χ4n) is 2.18. The lowest BCUT2D eigenvalue weighted by Gasteiger charge is -2.30. The Bertz CT molecular complexity index is 694. The topological polar surface area (TPSA) is 79.3 Å². The van der Waals surface area contributed by atoms with Crippen LogP contribution in [0.1, 0.15) is 41.5 Å². The number of allylic oxidation sites excluding steroid dienone is 4. The average molecular weight is 399 g/mol. The Balaban J connectivity index is 3.09. The number of amides is 2. The fourth-order valence-corrected chi connectivity index (χ4v) is 2.71. The first-order valence-corrected chi connectivity index (χ1v) is 9.00. The maximum Gasteiger partial charge on any atom is 0.447 e. The largest absolute Gasteiger partial charge is 0.447 e. The molecule has 7 nitrogen and oxygen atoms in total. The number of halogens is 1. The van der Waals surface area contributed by atoms with Crippen molar-refractivity contribution in [3.63, 3.8) is 0 Å². The summed E-state index contributed by atoms with van der Waals surface area (Å²) in [5, 5.41) is 3.83. The molecule has 27 heavy (non-hydrogen) atoms. The van der Waals surface area contributed by atoms with Crippen LogP contribution in [-0.4, -0.2) is 46.5 Å². The van der Waals surface area contributed by atoms with Crippen LogP contribution in [0.4, 0.5) is 14.0 Å². The number of Topliss-reactive ketones (excluding diaryl/α,β-unsaturated/α-hetero) is 1. The number of hydrogen-bond donors (Lipinski definition) is 0. The van der Waals surface area contributed by atoms with Crippen LogP contribution in [0.25, 0.3) is 0 Å². The summed E-state index contributed by atoms with van der Waals surface area (Å²) in [6.45, 7) is 11.5. The second kappa shape index (κ2) is 8.24. The zero-order chi connectivity index (χ0) is 21.2. The van der Waals surface area contributed by atoms with Gasteiger partial charge in [0.1, 0.15) is 5.71 Å². The van der Waals surface area contributed by atoms with Gasteiger partial charge in [-0.25, -0.2) is 18.2 Å². The van der Waals surface area contributed by atoms with E-state index >= 15 is 0 Å². The molecule has 0 aromatic heterocycles. The fraction of sp³-hybridized carbons (Fsp3) is 0.556. The summed E-state index contributed by atoms with van der Waals surface area (Å²) >= 11 is 0.526. The Morgan fingerprint density at radius 2 is 1.44 bits per heavy atom. The molecule has 150 valence electrons. The Kier molecular flexibility index (Phi) is 6.99. The van der Waals surface area contributed by atoms with Crippen LogP contribution in [-0.2, 0) is 9.63 Å². The molecule has 0 saturated carbocycles. The molecule has 0 aromatic rings. The van der Waals surface area contributed by atoms with Crippen LogP contribution in [0.15, 0.2) is 28.5 Å². The zero-order valence-corrected chi connectivity index (χ0v) is 17.7. The minimum Gasteiger partial charge on any atom is -0.297 e. The molecular formula is C18H26FN3O4S. The number of carbonyl (C=O) groups is 3. The second-order valence-corrected chi connectivity index (χ2v) is 9.41. The van der Waals surface area contributed by atoms with E-state index in [4.69, 9.17) is 4.84 Å². The van der Waals surface area contributed by atoms with E-state index in [0.717, 1.165) is 4.31 Å². The van der Waals surface area contributed by atoms with Gasteiger partial charge in [0, 0.05) is 25.2 Å². The van der Waals surface area contributed by atoms with Crippen LogP contribution in [0.5, 0.6) is 0 Å². The number of hydrogen-bond acceptors (Lipinski definition) is 6. The summed E-state index contributed by atoms with van der Waals surface area (Å²) in [5.74, 6) is -0.0592. The van der Waals surface area contributed by atoms with E-state index in [1.807, 2.05) is 41.5 Å². The number of nitrogens with zero attached hydrogens (tertiary/aromatic N) is 3. The summed E-state index contributed by atoms with van der Waals surface area (Å²) in [6, 6.07) is 0. The van der Waals surface area contributed by atoms with Crippen molar-refractivity contribution >= 4 is 35.9 Å². The average Bonchev–Trinajstić information content (AvgIpc) is 2.50. The Hall–Kier alpha value is -2.16. The van der Waals surface area contributed by atoms with Gasteiger partial charge in [0.05, 0.1) is 12.1 Å². The molecule has 0 aliphatic heterocycles. The molecule has 1 rings (SSSR count). The molecule has 2 amide bonds. The van der Waals surface area contributed by atoms with Crippen molar-refractivity contribution in [1.29, 1.82) is 0 Å². The minimum absolute atomic E-state index is 0.0592. The molecular weight excluding hydrogens is 373 g/mol. The molecule has 0 saturated heterocycles. The molecule has 0 aromatic carbocycles. The SMILES string of the molecule is CN(SN(C)C(=O)ON=C1C=C(C(C)(C)C)C(=O)C(C(C)(C)C)=C1)C(=O)F. The van der Waals surface area contributed by atoms with Gasteiger partial charge in [-0.2, -0.15) is 0 Å². The van der Waals surface area contributed by atoms with Gasteiger partial charge in [-0.15, -0.1) is 4.39 Å². The number of carbonyl (C=O) groups excluding carboxylic acids is 3. The van der Waals surface area contributed by atoms with Gasteiger partial charge in [-0.1, -0.05) is 46.7 Å². The maximum atomic E-state index is 12.8. The molecule has 0 fully saturated rings. The summed E-state index contributed by atoms with van der Waals surface area (Å²) in [6.07, 6.45) is 0.589. The number of rotatable bonds is 3. The van der Waals surface area contributed by atoms with Crippen molar-refractivity contribution in [3.8, 4) is 0 Å². The molecule has 0 heterocycles. The standard InChI is InChI=1S/C18H26FN3O4S/c1-17(2,3)12-9-11(10-13(14(12)23)18(4,5)6)20-26-16(25)22(8)27-21(7)15(19)24/h9-10H,1-8H3. The lowest BCUT2D eigenvalue weighted by atomic mass is 9.72. The number of ketones is 1. The summed E-state index contributed by atoms with van der Waals surface area (Å²) in [4.78, 5) is 40.2. The van der Waals surface area contributed by atoms with E-state index in [2.05, 4.69) is 5.16 Å². The zero-order valence-electron chi connectivity index (χ0n) is 16.9. The second-order valence-electron chi connectivity index (χ2n) is 8.15. The monoisotopic (exact) mass is 399 g/mol. The molecule has 0 N–H and O–H groups in total. The lowest BCUT2D eigenvalue weighted by molar-refractivity contribution is -0.114. The van der Waals surface area contributed by atoms with Crippen molar-refractivity contribution < 1.29 is 23.6 Å². The van der Waals surface area contributed by atoms with E-state index in [0.29, 0.717) is 33.3 Å². The van der Waals surface area contributed by atoms with E-state index in [-0.39, 0.29) is 5.78 Å². The third-order valence-corrected chi connectivity index (χ3v) is 4.45. The third-order valence-electron chi connectivity index (χ3n) is 3.67. The molecule has 0 bridgehead atoms. The van der Waals surface area contributed by atoms with Crippen LogP contribution in [0, 0.1) is 10.8 Å². The highest BCUT2D eigenvalue weighted by Gasteiger charge is 2.34. The minimum atomic E-state index is -1.70. The van der Waals surface area contributed by atoms with Gasteiger partial charge in [0.15, 0.2) is 5.78 Å². The quantitative estimate of drug-likeness (QED) is 0.174. The first-order valence-electron chi connectivity index (χ1n) is 8.27. The van der Waals surface area contributed by atoms with Crippen LogP contribution < -0.4 is 0 Å². The van der Waals surface area contributed by atoms with Gasteiger partial charge >= 0.3 is 12.3 Å². The third kappa shape index (κ3) is 6.20. The molecule has 0 radical (unpaired) electrons. The van der Waals surface area contributed by atoms with E-state index in [1.54, 1.807) is 12.2 Å². The van der Waals surface area contributed by atoms with Gasteiger partial charge < -0.3 is 0 Å². The van der Waals surface area contributed by atoms with Crippen molar-refractivity contribution in [1.82, 2.24) is 8.61 Å². The van der Waals surface area contributed by atoms with Crippen molar-refractivity contribution in [2.75, 3.05) is 14.1 Å². The highest BCUT2D eigenvalue weighted by Crippen LogP contribution is 2.37. The van der Waals surface area contributed by atoms with Crippen LogP contribution >= 0.6 is 12.1 Å². The summed E-state index contributed by atoms with van der Waals surface area (Å²) in [5.41, 5.74) is 0.629. The number of oxime groups is 1. The van der Waals surface area contributed by atoms with Crippen molar-refractivity contribution in [2.24, 2.45) is 16.0 Å². The normalized spacial score (nSPS) is 15.0. The van der Waals surface area contributed by atoms with Crippen LogP contribution in [0.2, 0.25) is 0 Å². The highest BCUT2D eigenvalue weighted by molar-refractivity contribution is 7.95. The van der Waals surface area contributed by atoms with E-state index in [1.165, 1.54) is 14.1 Å². The molecule has 0 atom stereocenters. The highest BCUT2D eigenvalue weighted by atomic mass is 32.2. The predicted octanol–water partition coefficient (Wildman–Crippen LogP) is 4.52. The van der Waals surface area contributed by atoms with E-state index < -0.39 is 23.1 Å². The van der Waals surface area contributed by atoms with E-state index in [9.17, 15) is 18.8 Å². The predicted molar refractivity (Wildman–Crippen MR) is 104 cm³/mol. The first kappa shape index (κ1) is 22.9. The van der Waals surface area contributed by atoms with Gasteiger partial charge in [-0.3, -0.25) is 9.63 Å². The van der Waals surface area contributed by atoms with Gasteiger partial charge in [0.2, 0.25) is 0 Å². The molecule has 9 heteroatoms. The Morgan fingerprint density at radius 1 is 1.00 bits per heavy atom. The van der Waals surface area contributed by atoms with Gasteiger partial charge in [0.25, 0.3) is 0 Å². The van der Waals surface area contributed by atoms with Gasteiger partial charge in [-0.05, 0) is 23.0 Å². The molecule has 0 unspecified atom stereocenters.